The number of fused-ring (bicyclic) bond motifs is 1. The van der Waals surface area contributed by atoms with Crippen molar-refractivity contribution in [3.05, 3.63) is 70.8 Å². The Bertz CT molecular complexity index is 1140. The number of rotatable bonds is 6. The Morgan fingerprint density at radius 3 is 2.61 bits per heavy atom. The van der Waals surface area contributed by atoms with Crippen molar-refractivity contribution in [1.29, 1.82) is 0 Å². The number of nitrogens with one attached hydrogen (secondary N) is 1. The number of carbonyl (C=O) groups excluding carboxylic acids is 1. The van der Waals surface area contributed by atoms with E-state index in [0.717, 1.165) is 17.4 Å². The third-order valence-electron chi connectivity index (χ3n) is 4.81. The molecule has 1 N–H and O–H groups in total. The molecule has 31 heavy (non-hydrogen) atoms. The Balaban J connectivity index is 1.44. The average molecular weight is 438 g/mol. The van der Waals surface area contributed by atoms with Gasteiger partial charge in [0.25, 0.3) is 5.56 Å². The van der Waals surface area contributed by atoms with Crippen molar-refractivity contribution in [3.8, 4) is 17.2 Å². The fourth-order valence-electron chi connectivity index (χ4n) is 3.16. The molecule has 0 saturated heterocycles. The van der Waals surface area contributed by atoms with Gasteiger partial charge in [0.1, 0.15) is 13.2 Å². The monoisotopic (exact) mass is 437 g/mol. The number of nitrogens with zero attached hydrogens (tertiary/aromatic N) is 2. The van der Waals surface area contributed by atoms with Crippen LogP contribution in [0.1, 0.15) is 25.3 Å². The first kappa shape index (κ1) is 21.0. The number of carbonyl (C=O) groups is 1. The molecule has 0 aliphatic carbocycles. The Hall–Kier alpha value is -3.26. The zero-order valence-electron chi connectivity index (χ0n) is 17.3. The van der Waals surface area contributed by atoms with E-state index in [1.807, 2.05) is 24.3 Å². The molecule has 7 nitrogen and oxygen atoms in total. The molecule has 1 aromatic heterocycles. The van der Waals surface area contributed by atoms with E-state index in [1.54, 1.807) is 30.6 Å². The number of benzene rings is 2. The lowest BCUT2D eigenvalue weighted by molar-refractivity contribution is -0.113. The average Bonchev–Trinajstić information content (AvgIpc) is 2.78. The SMILES string of the molecule is CC(C)c1ccc(NC(=O)CSc2nccn(-c3ccc4c(c3)OCCO4)c2=O)cc1. The van der Waals surface area contributed by atoms with Crippen LogP contribution in [0.3, 0.4) is 0 Å². The maximum absolute atomic E-state index is 12.9. The minimum absolute atomic E-state index is 0.0827. The molecule has 1 amide bonds. The highest BCUT2D eigenvalue weighted by Gasteiger charge is 2.15. The van der Waals surface area contributed by atoms with Crippen molar-refractivity contribution in [2.24, 2.45) is 0 Å². The number of anilines is 1. The van der Waals surface area contributed by atoms with Gasteiger partial charge in [-0.15, -0.1) is 0 Å². The molecule has 2 heterocycles. The Labute approximate surface area is 184 Å². The summed E-state index contributed by atoms with van der Waals surface area (Å²) in [6.45, 7) is 5.22. The fraction of sp³-hybridized carbons (Fsp3) is 0.261. The first-order valence-electron chi connectivity index (χ1n) is 10.0. The number of hydrogen-bond acceptors (Lipinski definition) is 6. The van der Waals surface area contributed by atoms with Gasteiger partial charge < -0.3 is 14.8 Å². The zero-order chi connectivity index (χ0) is 21.8. The van der Waals surface area contributed by atoms with Crippen LogP contribution in [-0.2, 0) is 4.79 Å². The standard InChI is InChI=1S/C23H23N3O4S/c1-15(2)16-3-5-17(6-4-16)25-21(27)14-31-22-23(28)26(10-9-24-22)18-7-8-19-20(13-18)30-12-11-29-19/h3-10,13,15H,11-12,14H2,1-2H3,(H,25,27). The summed E-state index contributed by atoms with van der Waals surface area (Å²) in [4.78, 5) is 29.4. The first-order chi connectivity index (χ1) is 15.0. The molecule has 0 radical (unpaired) electrons. The molecule has 8 heteroatoms. The van der Waals surface area contributed by atoms with E-state index in [-0.39, 0.29) is 22.2 Å². The second kappa shape index (κ2) is 9.26. The van der Waals surface area contributed by atoms with Gasteiger partial charge >= 0.3 is 0 Å². The molecule has 0 spiro atoms. The summed E-state index contributed by atoms with van der Waals surface area (Å²) in [6, 6.07) is 13.1. The molecule has 4 rings (SSSR count). The van der Waals surface area contributed by atoms with Gasteiger partial charge in [0.2, 0.25) is 5.91 Å². The molecule has 2 aromatic carbocycles. The number of hydrogen-bond donors (Lipinski definition) is 1. The fourth-order valence-corrected chi connectivity index (χ4v) is 3.86. The minimum atomic E-state index is -0.293. The van der Waals surface area contributed by atoms with Gasteiger partial charge in [-0.3, -0.25) is 14.2 Å². The van der Waals surface area contributed by atoms with Crippen LogP contribution in [0.4, 0.5) is 5.69 Å². The summed E-state index contributed by atoms with van der Waals surface area (Å²) >= 11 is 1.11. The van der Waals surface area contributed by atoms with E-state index in [1.165, 1.54) is 10.1 Å². The van der Waals surface area contributed by atoms with Crippen LogP contribution in [0.25, 0.3) is 5.69 Å². The Kier molecular flexibility index (Phi) is 6.27. The molecule has 1 aliphatic heterocycles. The second-order valence-electron chi connectivity index (χ2n) is 7.35. The van der Waals surface area contributed by atoms with Gasteiger partial charge in [0, 0.05) is 24.1 Å². The maximum atomic E-state index is 12.9. The smallest absolute Gasteiger partial charge is 0.287 e. The van der Waals surface area contributed by atoms with Crippen molar-refractivity contribution in [2.75, 3.05) is 24.3 Å². The number of aromatic nitrogens is 2. The van der Waals surface area contributed by atoms with Crippen molar-refractivity contribution in [3.63, 3.8) is 0 Å². The zero-order valence-corrected chi connectivity index (χ0v) is 18.1. The van der Waals surface area contributed by atoms with Gasteiger partial charge in [-0.05, 0) is 35.7 Å². The lowest BCUT2D eigenvalue weighted by Gasteiger charge is -2.19. The number of ether oxygens (including phenoxy) is 2. The van der Waals surface area contributed by atoms with E-state index < -0.39 is 0 Å². The van der Waals surface area contributed by atoms with E-state index in [9.17, 15) is 9.59 Å². The lowest BCUT2D eigenvalue weighted by atomic mass is 10.0. The normalized spacial score (nSPS) is 12.6. The van der Waals surface area contributed by atoms with Gasteiger partial charge in [0.15, 0.2) is 16.5 Å². The predicted molar refractivity (Wildman–Crippen MR) is 121 cm³/mol. The van der Waals surface area contributed by atoms with Crippen molar-refractivity contribution >= 4 is 23.4 Å². The Morgan fingerprint density at radius 1 is 1.13 bits per heavy atom. The van der Waals surface area contributed by atoms with Gasteiger partial charge in [0.05, 0.1) is 11.4 Å². The second-order valence-corrected chi connectivity index (χ2v) is 8.31. The third-order valence-corrected chi connectivity index (χ3v) is 5.77. The topological polar surface area (TPSA) is 82.5 Å². The van der Waals surface area contributed by atoms with Crippen LogP contribution in [-0.4, -0.2) is 34.4 Å². The molecule has 0 bridgehead atoms. The molecule has 0 saturated carbocycles. The molecule has 0 unspecified atom stereocenters. The largest absolute Gasteiger partial charge is 0.486 e. The van der Waals surface area contributed by atoms with E-state index in [2.05, 4.69) is 24.1 Å². The van der Waals surface area contributed by atoms with Crippen molar-refractivity contribution in [1.82, 2.24) is 9.55 Å². The predicted octanol–water partition coefficient (Wildman–Crippen LogP) is 3.86. The molecule has 0 atom stereocenters. The highest BCUT2D eigenvalue weighted by molar-refractivity contribution is 7.99. The van der Waals surface area contributed by atoms with Crippen LogP contribution >= 0.6 is 11.8 Å². The van der Waals surface area contributed by atoms with E-state index in [4.69, 9.17) is 9.47 Å². The maximum Gasteiger partial charge on any atom is 0.287 e. The molecule has 3 aromatic rings. The van der Waals surface area contributed by atoms with Crippen LogP contribution in [0, 0.1) is 0 Å². The molecule has 0 fully saturated rings. The van der Waals surface area contributed by atoms with Crippen LogP contribution in [0.15, 0.2) is 64.7 Å². The first-order valence-corrected chi connectivity index (χ1v) is 11.0. The summed E-state index contributed by atoms with van der Waals surface area (Å²) in [5.74, 6) is 1.58. The van der Waals surface area contributed by atoms with Crippen molar-refractivity contribution in [2.45, 2.75) is 24.8 Å². The van der Waals surface area contributed by atoms with Gasteiger partial charge in [-0.25, -0.2) is 4.98 Å². The van der Waals surface area contributed by atoms with Crippen molar-refractivity contribution < 1.29 is 14.3 Å². The lowest BCUT2D eigenvalue weighted by Crippen LogP contribution is -2.22. The highest BCUT2D eigenvalue weighted by atomic mass is 32.2. The van der Waals surface area contributed by atoms with Gasteiger partial charge in [-0.2, -0.15) is 0 Å². The third kappa shape index (κ3) is 4.91. The van der Waals surface area contributed by atoms with E-state index in [0.29, 0.717) is 36.3 Å². The molecular weight excluding hydrogens is 414 g/mol. The summed E-state index contributed by atoms with van der Waals surface area (Å²) < 4.78 is 12.6. The van der Waals surface area contributed by atoms with E-state index >= 15 is 0 Å². The van der Waals surface area contributed by atoms with Crippen LogP contribution in [0.5, 0.6) is 11.5 Å². The summed E-state index contributed by atoms with van der Waals surface area (Å²) in [5.41, 5.74) is 2.29. The highest BCUT2D eigenvalue weighted by Crippen LogP contribution is 2.31. The van der Waals surface area contributed by atoms with Gasteiger partial charge in [-0.1, -0.05) is 37.7 Å². The number of thioether (sulfide) groups is 1. The summed E-state index contributed by atoms with van der Waals surface area (Å²) in [5, 5.41) is 3.10. The molecule has 160 valence electrons. The molecule has 1 aliphatic rings. The van der Waals surface area contributed by atoms with Crippen LogP contribution in [0.2, 0.25) is 0 Å². The molecular formula is C23H23N3O4S. The quantitative estimate of drug-likeness (QED) is 0.590. The van der Waals surface area contributed by atoms with Crippen LogP contribution < -0.4 is 20.3 Å². The minimum Gasteiger partial charge on any atom is -0.486 e. The summed E-state index contributed by atoms with van der Waals surface area (Å²) in [7, 11) is 0. The summed E-state index contributed by atoms with van der Waals surface area (Å²) in [6.07, 6.45) is 3.14. The number of amides is 1. The Morgan fingerprint density at radius 2 is 1.87 bits per heavy atom.